The normalized spacial score (nSPS) is 10.8. The summed E-state index contributed by atoms with van der Waals surface area (Å²) in [5.74, 6) is 1.50. The summed E-state index contributed by atoms with van der Waals surface area (Å²) in [5.41, 5.74) is 3.15. The molecule has 0 aliphatic carbocycles. The SMILES string of the molecule is COc1cccc(CCNc2ncc(-c3nc4ccccc4s3)cn2)c1. The molecule has 6 heteroatoms. The minimum absolute atomic E-state index is 0.623. The maximum absolute atomic E-state index is 5.25. The van der Waals surface area contributed by atoms with Crippen LogP contribution < -0.4 is 10.1 Å². The number of nitrogens with zero attached hydrogens (tertiary/aromatic N) is 3. The Kier molecular flexibility index (Phi) is 4.75. The lowest BCUT2D eigenvalue weighted by molar-refractivity contribution is 0.414. The zero-order valence-electron chi connectivity index (χ0n) is 14.3. The predicted octanol–water partition coefficient (Wildman–Crippen LogP) is 4.42. The van der Waals surface area contributed by atoms with Crippen molar-refractivity contribution in [3.8, 4) is 16.3 Å². The van der Waals surface area contributed by atoms with Crippen LogP contribution in [0, 0.1) is 0 Å². The lowest BCUT2D eigenvalue weighted by Gasteiger charge is -2.06. The number of benzene rings is 2. The number of ether oxygens (including phenoxy) is 1. The van der Waals surface area contributed by atoms with Crippen LogP contribution in [0.5, 0.6) is 5.75 Å². The number of rotatable bonds is 6. The van der Waals surface area contributed by atoms with Crippen molar-refractivity contribution in [2.24, 2.45) is 0 Å². The van der Waals surface area contributed by atoms with E-state index in [0.29, 0.717) is 5.95 Å². The fourth-order valence-corrected chi connectivity index (χ4v) is 3.61. The summed E-state index contributed by atoms with van der Waals surface area (Å²) in [5, 5.41) is 4.19. The summed E-state index contributed by atoms with van der Waals surface area (Å²) in [4.78, 5) is 13.5. The van der Waals surface area contributed by atoms with Crippen LogP contribution in [0.15, 0.2) is 60.9 Å². The minimum atomic E-state index is 0.623. The molecule has 0 atom stereocenters. The Hall–Kier alpha value is -2.99. The third-order valence-corrected chi connectivity index (χ3v) is 5.11. The minimum Gasteiger partial charge on any atom is -0.497 e. The van der Waals surface area contributed by atoms with Gasteiger partial charge in [0.2, 0.25) is 5.95 Å². The highest BCUT2D eigenvalue weighted by Gasteiger charge is 2.07. The molecular weight excluding hydrogens is 344 g/mol. The summed E-state index contributed by atoms with van der Waals surface area (Å²) in [6.45, 7) is 0.758. The summed E-state index contributed by atoms with van der Waals surface area (Å²) in [6.07, 6.45) is 4.51. The highest BCUT2D eigenvalue weighted by molar-refractivity contribution is 7.21. The van der Waals surface area contributed by atoms with Crippen molar-refractivity contribution < 1.29 is 4.74 Å². The van der Waals surface area contributed by atoms with Crippen molar-refractivity contribution in [1.82, 2.24) is 15.0 Å². The number of methoxy groups -OCH3 is 1. The molecule has 0 fully saturated rings. The monoisotopic (exact) mass is 362 g/mol. The summed E-state index contributed by atoms with van der Waals surface area (Å²) in [7, 11) is 1.68. The maximum atomic E-state index is 5.25. The number of hydrogen-bond donors (Lipinski definition) is 1. The molecule has 0 radical (unpaired) electrons. The zero-order chi connectivity index (χ0) is 17.8. The number of aromatic nitrogens is 3. The summed E-state index contributed by atoms with van der Waals surface area (Å²) >= 11 is 1.65. The molecule has 0 bridgehead atoms. The van der Waals surface area contributed by atoms with Gasteiger partial charge in [-0.15, -0.1) is 11.3 Å². The number of thiazole rings is 1. The Labute approximate surface area is 155 Å². The van der Waals surface area contributed by atoms with Crippen molar-refractivity contribution in [3.63, 3.8) is 0 Å². The first-order valence-corrected chi connectivity index (χ1v) is 9.18. The Morgan fingerprint density at radius 3 is 2.69 bits per heavy atom. The molecule has 0 saturated heterocycles. The van der Waals surface area contributed by atoms with E-state index < -0.39 is 0 Å². The summed E-state index contributed by atoms with van der Waals surface area (Å²) < 4.78 is 6.42. The average Bonchev–Trinajstić information content (AvgIpc) is 3.13. The molecular formula is C20H18N4OS. The molecule has 2 heterocycles. The van der Waals surface area contributed by atoms with E-state index in [4.69, 9.17) is 4.74 Å². The Morgan fingerprint density at radius 2 is 1.88 bits per heavy atom. The second-order valence-corrected chi connectivity index (χ2v) is 6.84. The Bertz CT molecular complexity index is 981. The van der Waals surface area contributed by atoms with Crippen LogP contribution in [0.2, 0.25) is 0 Å². The van der Waals surface area contributed by atoms with E-state index in [1.165, 1.54) is 10.3 Å². The number of anilines is 1. The molecule has 1 N–H and O–H groups in total. The number of nitrogens with one attached hydrogen (secondary N) is 1. The third kappa shape index (κ3) is 3.65. The number of hydrogen-bond acceptors (Lipinski definition) is 6. The molecule has 4 aromatic rings. The van der Waals surface area contributed by atoms with Crippen LogP contribution in [-0.2, 0) is 6.42 Å². The van der Waals surface area contributed by atoms with E-state index in [1.807, 2.05) is 48.8 Å². The van der Waals surface area contributed by atoms with Gasteiger partial charge in [0.1, 0.15) is 10.8 Å². The molecule has 0 aliphatic heterocycles. The van der Waals surface area contributed by atoms with Crippen molar-refractivity contribution in [1.29, 1.82) is 0 Å². The van der Waals surface area contributed by atoms with Crippen LogP contribution in [0.4, 0.5) is 5.95 Å². The van der Waals surface area contributed by atoms with Crippen LogP contribution in [0.25, 0.3) is 20.8 Å². The van der Waals surface area contributed by atoms with Crippen molar-refractivity contribution in [2.75, 3.05) is 19.0 Å². The molecule has 2 aromatic carbocycles. The van der Waals surface area contributed by atoms with Gasteiger partial charge in [-0.3, -0.25) is 0 Å². The summed E-state index contributed by atoms with van der Waals surface area (Å²) in [6, 6.07) is 16.2. The van der Waals surface area contributed by atoms with Gasteiger partial charge in [0, 0.05) is 24.5 Å². The average molecular weight is 362 g/mol. The second kappa shape index (κ2) is 7.49. The van der Waals surface area contributed by atoms with E-state index in [2.05, 4.69) is 32.4 Å². The van der Waals surface area contributed by atoms with Crippen molar-refractivity contribution in [3.05, 3.63) is 66.5 Å². The molecule has 0 saturated carbocycles. The van der Waals surface area contributed by atoms with E-state index >= 15 is 0 Å². The smallest absolute Gasteiger partial charge is 0.222 e. The Balaban J connectivity index is 1.39. The second-order valence-electron chi connectivity index (χ2n) is 5.81. The van der Waals surface area contributed by atoms with Gasteiger partial charge in [0.25, 0.3) is 0 Å². The predicted molar refractivity (Wildman–Crippen MR) is 106 cm³/mol. The Morgan fingerprint density at radius 1 is 1.04 bits per heavy atom. The van der Waals surface area contributed by atoms with Gasteiger partial charge in [0.15, 0.2) is 0 Å². The largest absolute Gasteiger partial charge is 0.497 e. The third-order valence-electron chi connectivity index (χ3n) is 4.02. The van der Waals surface area contributed by atoms with Gasteiger partial charge in [-0.25, -0.2) is 15.0 Å². The van der Waals surface area contributed by atoms with E-state index in [-0.39, 0.29) is 0 Å². The fraction of sp³-hybridized carbons (Fsp3) is 0.150. The quantitative estimate of drug-likeness (QED) is 0.550. The fourth-order valence-electron chi connectivity index (χ4n) is 2.67. The van der Waals surface area contributed by atoms with Crippen LogP contribution >= 0.6 is 11.3 Å². The van der Waals surface area contributed by atoms with Gasteiger partial charge in [0.05, 0.1) is 17.3 Å². The molecule has 4 rings (SSSR count). The molecule has 5 nitrogen and oxygen atoms in total. The highest BCUT2D eigenvalue weighted by atomic mass is 32.1. The number of para-hydroxylation sites is 1. The van der Waals surface area contributed by atoms with Crippen molar-refractivity contribution in [2.45, 2.75) is 6.42 Å². The van der Waals surface area contributed by atoms with Crippen LogP contribution in [0.3, 0.4) is 0 Å². The molecule has 0 amide bonds. The number of fused-ring (bicyclic) bond motifs is 1. The van der Waals surface area contributed by atoms with E-state index in [0.717, 1.165) is 34.8 Å². The molecule has 0 unspecified atom stereocenters. The van der Waals surface area contributed by atoms with E-state index in [9.17, 15) is 0 Å². The topological polar surface area (TPSA) is 59.9 Å². The molecule has 0 spiro atoms. The first-order chi connectivity index (χ1) is 12.8. The standard InChI is InChI=1S/C20H18N4OS/c1-25-16-6-4-5-14(11-16)9-10-21-20-22-12-15(13-23-20)19-24-17-7-2-3-8-18(17)26-19/h2-8,11-13H,9-10H2,1H3,(H,21,22,23). The van der Waals surface area contributed by atoms with Crippen molar-refractivity contribution >= 4 is 27.5 Å². The lowest BCUT2D eigenvalue weighted by Crippen LogP contribution is -2.07. The van der Waals surface area contributed by atoms with Crippen LogP contribution in [0.1, 0.15) is 5.56 Å². The molecule has 2 aromatic heterocycles. The lowest BCUT2D eigenvalue weighted by atomic mass is 10.1. The van der Waals surface area contributed by atoms with Gasteiger partial charge in [-0.1, -0.05) is 24.3 Å². The highest BCUT2D eigenvalue weighted by Crippen LogP contribution is 2.29. The van der Waals surface area contributed by atoms with Crippen LogP contribution in [-0.4, -0.2) is 28.6 Å². The molecule has 0 aliphatic rings. The van der Waals surface area contributed by atoms with Gasteiger partial charge in [-0.05, 0) is 36.2 Å². The van der Waals surface area contributed by atoms with Gasteiger partial charge < -0.3 is 10.1 Å². The first kappa shape index (κ1) is 16.5. The van der Waals surface area contributed by atoms with E-state index in [1.54, 1.807) is 18.4 Å². The molecule has 26 heavy (non-hydrogen) atoms. The van der Waals surface area contributed by atoms with Gasteiger partial charge in [-0.2, -0.15) is 0 Å². The van der Waals surface area contributed by atoms with Gasteiger partial charge >= 0.3 is 0 Å². The molecule has 130 valence electrons. The maximum Gasteiger partial charge on any atom is 0.222 e. The first-order valence-electron chi connectivity index (χ1n) is 8.36. The zero-order valence-corrected chi connectivity index (χ0v) is 15.2.